The number of hydrogen-bond acceptors (Lipinski definition) is 4. The Morgan fingerprint density at radius 1 is 1.02 bits per heavy atom. The first-order valence-electron chi connectivity index (χ1n) is 12.6. The molecule has 1 saturated heterocycles. The molecule has 13 heteroatoms. The van der Waals surface area contributed by atoms with Crippen LogP contribution in [0, 0.1) is 17.0 Å². The number of likely N-dealkylation sites (N-methyl/N-ethyl adjacent to an activating group) is 1. The maximum Gasteiger partial charge on any atom is 0.403 e. The second kappa shape index (κ2) is 9.56. The third kappa shape index (κ3) is 4.56. The van der Waals surface area contributed by atoms with Gasteiger partial charge in [0.2, 0.25) is 11.8 Å². The largest absolute Gasteiger partial charge is 0.403 e. The van der Waals surface area contributed by atoms with Crippen LogP contribution in [0.5, 0.6) is 0 Å². The van der Waals surface area contributed by atoms with Crippen LogP contribution in [0.1, 0.15) is 36.0 Å². The highest BCUT2D eigenvalue weighted by atomic mass is 19.4. The summed E-state index contributed by atoms with van der Waals surface area (Å²) in [7, 11) is 1.51. The number of urea groups is 1. The smallest absolute Gasteiger partial charge is 0.328 e. The number of benzene rings is 2. The zero-order valence-electron chi connectivity index (χ0n) is 21.3. The molecule has 1 spiro atoms. The molecule has 1 atom stereocenters. The van der Waals surface area contributed by atoms with Crippen molar-refractivity contribution in [3.05, 3.63) is 64.7 Å². The SMILES string of the molecule is CN1C(=O)NC(=O)[C@@]12Cc1ccc(NC(=O)CN(Cc3cc(F)cc(F)c3)C(=O)C3(C(F)(F)F)CCC3)cc1C2. The summed E-state index contributed by atoms with van der Waals surface area (Å²) in [6.45, 7) is -1.41. The number of hydrogen-bond donors (Lipinski definition) is 2. The van der Waals surface area contributed by atoms with Crippen LogP contribution in [0.3, 0.4) is 0 Å². The molecule has 2 N–H and O–H groups in total. The van der Waals surface area contributed by atoms with Crippen molar-refractivity contribution in [2.24, 2.45) is 5.41 Å². The Labute approximate surface area is 225 Å². The van der Waals surface area contributed by atoms with E-state index in [0.717, 1.165) is 17.7 Å². The van der Waals surface area contributed by atoms with Crippen molar-refractivity contribution in [1.29, 1.82) is 0 Å². The Hall–Kier alpha value is -4.03. The molecule has 0 unspecified atom stereocenters. The summed E-state index contributed by atoms with van der Waals surface area (Å²) in [4.78, 5) is 52.7. The third-order valence-electron chi connectivity index (χ3n) is 8.12. The number of nitrogens with zero attached hydrogens (tertiary/aromatic N) is 2. The number of anilines is 1. The summed E-state index contributed by atoms with van der Waals surface area (Å²) in [5.41, 5.74) is -2.09. The molecule has 8 nitrogen and oxygen atoms in total. The zero-order valence-corrected chi connectivity index (χ0v) is 21.3. The molecule has 212 valence electrons. The second-order valence-electron chi connectivity index (χ2n) is 10.6. The molecule has 2 aliphatic carbocycles. The van der Waals surface area contributed by atoms with Crippen LogP contribution in [0.25, 0.3) is 0 Å². The number of carbonyl (C=O) groups excluding carboxylic acids is 4. The number of imide groups is 1. The van der Waals surface area contributed by atoms with Gasteiger partial charge in [-0.25, -0.2) is 13.6 Å². The minimum Gasteiger partial charge on any atom is -0.328 e. The summed E-state index contributed by atoms with van der Waals surface area (Å²) in [5.74, 6) is -4.53. The first kappa shape index (κ1) is 27.5. The van der Waals surface area contributed by atoms with Gasteiger partial charge in [-0.05, 0) is 53.8 Å². The van der Waals surface area contributed by atoms with Gasteiger partial charge in [-0.1, -0.05) is 12.5 Å². The molecule has 2 aromatic carbocycles. The summed E-state index contributed by atoms with van der Waals surface area (Å²) >= 11 is 0. The lowest BCUT2D eigenvalue weighted by molar-refractivity contribution is -0.248. The highest BCUT2D eigenvalue weighted by Crippen LogP contribution is 2.54. The van der Waals surface area contributed by atoms with Crippen LogP contribution in [-0.2, 0) is 33.8 Å². The molecule has 2 aromatic rings. The number of fused-ring (bicyclic) bond motifs is 1. The van der Waals surface area contributed by atoms with Gasteiger partial charge in [-0.3, -0.25) is 19.7 Å². The molecule has 0 bridgehead atoms. The van der Waals surface area contributed by atoms with Gasteiger partial charge in [-0.15, -0.1) is 0 Å². The predicted molar refractivity (Wildman–Crippen MR) is 131 cm³/mol. The lowest BCUT2D eigenvalue weighted by Crippen LogP contribution is -2.57. The van der Waals surface area contributed by atoms with Crippen LogP contribution in [0.15, 0.2) is 36.4 Å². The number of amides is 5. The lowest BCUT2D eigenvalue weighted by atomic mass is 9.67. The van der Waals surface area contributed by atoms with Gasteiger partial charge in [0.1, 0.15) is 29.1 Å². The Morgan fingerprint density at radius 2 is 1.68 bits per heavy atom. The monoisotopic (exact) mass is 564 g/mol. The molecule has 3 aliphatic rings. The number of carbonyl (C=O) groups is 4. The van der Waals surface area contributed by atoms with E-state index in [4.69, 9.17) is 0 Å². The number of nitrogens with one attached hydrogen (secondary N) is 2. The Balaban J connectivity index is 1.35. The fourth-order valence-corrected chi connectivity index (χ4v) is 5.72. The number of alkyl halides is 3. The molecule has 40 heavy (non-hydrogen) atoms. The fraction of sp³-hybridized carbons (Fsp3) is 0.407. The van der Waals surface area contributed by atoms with Gasteiger partial charge >= 0.3 is 12.2 Å². The Kier molecular flexibility index (Phi) is 6.58. The molecule has 1 aliphatic heterocycles. The molecular weight excluding hydrogens is 539 g/mol. The standard InChI is InChI=1S/C27H25F5N4O4/c1-35-24(40)34-22(38)26(35)11-16-3-4-20(9-17(16)12-26)33-21(37)14-36(13-15-7-18(28)10-19(29)8-15)23(39)25(5-2-6-25)27(30,31)32/h3-4,7-10H,2,5-6,11-14H2,1H3,(H,33,37)(H,34,38,40)/t26-/m0/s1. The van der Waals surface area contributed by atoms with Gasteiger partial charge in [0.05, 0.1) is 0 Å². The predicted octanol–water partition coefficient (Wildman–Crippen LogP) is 3.68. The maximum absolute atomic E-state index is 13.9. The quantitative estimate of drug-likeness (QED) is 0.413. The number of rotatable bonds is 6. The average Bonchev–Trinajstić information content (AvgIpc) is 3.29. The number of halogens is 5. The minimum atomic E-state index is -4.86. The zero-order chi connectivity index (χ0) is 29.0. The van der Waals surface area contributed by atoms with Gasteiger partial charge in [-0.2, -0.15) is 13.2 Å². The second-order valence-corrected chi connectivity index (χ2v) is 10.6. The van der Waals surface area contributed by atoms with E-state index in [0.29, 0.717) is 16.5 Å². The third-order valence-corrected chi connectivity index (χ3v) is 8.12. The van der Waals surface area contributed by atoms with E-state index in [1.165, 1.54) is 11.9 Å². The van der Waals surface area contributed by atoms with Crippen molar-refractivity contribution >= 4 is 29.4 Å². The van der Waals surface area contributed by atoms with E-state index in [1.54, 1.807) is 18.2 Å². The summed E-state index contributed by atoms with van der Waals surface area (Å²) in [6, 6.07) is 6.67. The molecule has 1 saturated carbocycles. The average molecular weight is 565 g/mol. The molecule has 1 heterocycles. The van der Waals surface area contributed by atoms with Crippen LogP contribution >= 0.6 is 0 Å². The van der Waals surface area contributed by atoms with Gasteiger partial charge in [0, 0.05) is 38.2 Å². The highest BCUT2D eigenvalue weighted by Gasteiger charge is 2.64. The molecule has 5 rings (SSSR count). The highest BCUT2D eigenvalue weighted by molar-refractivity contribution is 6.07. The first-order valence-corrected chi connectivity index (χ1v) is 12.6. The van der Waals surface area contributed by atoms with E-state index >= 15 is 0 Å². The van der Waals surface area contributed by atoms with Crippen LogP contribution in [0.2, 0.25) is 0 Å². The van der Waals surface area contributed by atoms with E-state index in [9.17, 15) is 41.1 Å². The minimum absolute atomic E-state index is 0.105. The van der Waals surface area contributed by atoms with Crippen LogP contribution in [-0.4, -0.2) is 58.9 Å². The van der Waals surface area contributed by atoms with Crippen molar-refractivity contribution < 1.29 is 41.1 Å². The molecule has 2 fully saturated rings. The maximum atomic E-state index is 13.9. The van der Waals surface area contributed by atoms with E-state index in [2.05, 4.69) is 10.6 Å². The van der Waals surface area contributed by atoms with E-state index in [-0.39, 0.29) is 30.5 Å². The van der Waals surface area contributed by atoms with Crippen LogP contribution in [0.4, 0.5) is 32.4 Å². The topological polar surface area (TPSA) is 98.8 Å². The van der Waals surface area contributed by atoms with Crippen molar-refractivity contribution in [3.8, 4) is 0 Å². The van der Waals surface area contributed by atoms with Crippen molar-refractivity contribution in [3.63, 3.8) is 0 Å². The van der Waals surface area contributed by atoms with Gasteiger partial charge in [0.25, 0.3) is 5.91 Å². The van der Waals surface area contributed by atoms with Crippen molar-refractivity contribution in [2.45, 2.75) is 50.4 Å². The summed E-state index contributed by atoms with van der Waals surface area (Å²) in [6.07, 6.45) is -5.10. The first-order chi connectivity index (χ1) is 18.7. The van der Waals surface area contributed by atoms with Crippen molar-refractivity contribution in [2.75, 3.05) is 18.9 Å². The van der Waals surface area contributed by atoms with E-state index < -0.39 is 78.4 Å². The summed E-state index contributed by atoms with van der Waals surface area (Å²) < 4.78 is 69.3. The Morgan fingerprint density at radius 3 is 2.23 bits per heavy atom. The lowest BCUT2D eigenvalue weighted by Gasteiger charge is -2.44. The van der Waals surface area contributed by atoms with E-state index in [1.807, 2.05) is 0 Å². The van der Waals surface area contributed by atoms with Gasteiger partial charge < -0.3 is 15.1 Å². The molecule has 0 radical (unpaired) electrons. The summed E-state index contributed by atoms with van der Waals surface area (Å²) in [5, 5.41) is 4.84. The molecule has 0 aromatic heterocycles. The van der Waals surface area contributed by atoms with Crippen LogP contribution < -0.4 is 10.6 Å². The normalized spacial score (nSPS) is 21.2. The fourth-order valence-electron chi connectivity index (χ4n) is 5.72. The van der Waals surface area contributed by atoms with Crippen molar-refractivity contribution in [1.82, 2.24) is 15.1 Å². The van der Waals surface area contributed by atoms with Gasteiger partial charge in [0.15, 0.2) is 0 Å². The molecular formula is C27H25F5N4O4. The molecule has 5 amide bonds. The Bertz CT molecular complexity index is 1400.